The zero-order valence-corrected chi connectivity index (χ0v) is 25.4. The second-order valence-electron chi connectivity index (χ2n) is 11.3. The van der Waals surface area contributed by atoms with Crippen molar-refractivity contribution in [3.63, 3.8) is 0 Å². The number of carbonyl (C=O) groups excluding carboxylic acids is 2. The van der Waals surface area contributed by atoms with E-state index in [2.05, 4.69) is 35.3 Å². The van der Waals surface area contributed by atoms with Gasteiger partial charge in [0.15, 0.2) is 0 Å². The minimum atomic E-state index is -0.373. The summed E-state index contributed by atoms with van der Waals surface area (Å²) in [6.07, 6.45) is 5.92. The minimum absolute atomic E-state index is 0.0541. The predicted molar refractivity (Wildman–Crippen MR) is 166 cm³/mol. The van der Waals surface area contributed by atoms with Gasteiger partial charge in [-0.2, -0.15) is 0 Å². The van der Waals surface area contributed by atoms with Crippen molar-refractivity contribution in [2.24, 2.45) is 0 Å². The molecule has 8 heteroatoms. The lowest BCUT2D eigenvalue weighted by Gasteiger charge is -2.29. The predicted octanol–water partition coefficient (Wildman–Crippen LogP) is 6.88. The number of fused-ring (bicyclic) bond motifs is 1. The molecule has 0 atom stereocenters. The maximum atomic E-state index is 13.5. The molecule has 6 rings (SSSR count). The molecule has 2 aliphatic rings. The number of thiazole rings is 1. The summed E-state index contributed by atoms with van der Waals surface area (Å²) < 4.78 is 10.6. The van der Waals surface area contributed by atoms with Gasteiger partial charge in [0.25, 0.3) is 0 Å². The SMILES string of the molecule is COC(=O)c1cc(CC(=O)N2CCOCC2)c(-c2ccc3nc(-c4sc(C)nc4C)ccc3c2)c(C2CCCCC2)c1. The monoisotopic (exact) mass is 583 g/mol. The Kier molecular flexibility index (Phi) is 8.36. The van der Waals surface area contributed by atoms with Crippen LogP contribution in [0.4, 0.5) is 0 Å². The maximum absolute atomic E-state index is 13.5. The molecule has 1 aliphatic carbocycles. The third-order valence-electron chi connectivity index (χ3n) is 8.54. The van der Waals surface area contributed by atoms with Crippen LogP contribution in [-0.2, 0) is 20.7 Å². The van der Waals surface area contributed by atoms with Crippen LogP contribution >= 0.6 is 11.3 Å². The number of hydrogen-bond acceptors (Lipinski definition) is 7. The largest absolute Gasteiger partial charge is 0.465 e. The average molecular weight is 584 g/mol. The van der Waals surface area contributed by atoms with E-state index >= 15 is 0 Å². The van der Waals surface area contributed by atoms with Gasteiger partial charge < -0.3 is 14.4 Å². The lowest BCUT2D eigenvalue weighted by atomic mass is 9.78. The number of rotatable bonds is 6. The summed E-state index contributed by atoms with van der Waals surface area (Å²) in [7, 11) is 1.41. The first-order valence-corrected chi connectivity index (χ1v) is 15.7. The van der Waals surface area contributed by atoms with Gasteiger partial charge in [0.05, 0.1) is 59.1 Å². The van der Waals surface area contributed by atoms with E-state index in [4.69, 9.17) is 14.5 Å². The van der Waals surface area contributed by atoms with Crippen molar-refractivity contribution < 1.29 is 19.1 Å². The van der Waals surface area contributed by atoms with Crippen molar-refractivity contribution in [1.29, 1.82) is 0 Å². The topological polar surface area (TPSA) is 81.6 Å². The number of benzene rings is 2. The molecular weight excluding hydrogens is 546 g/mol. The number of pyridine rings is 1. The first kappa shape index (κ1) is 28.5. The Morgan fingerprint density at radius 1 is 1.00 bits per heavy atom. The highest BCUT2D eigenvalue weighted by molar-refractivity contribution is 7.15. The lowest BCUT2D eigenvalue weighted by Crippen LogP contribution is -2.41. The van der Waals surface area contributed by atoms with Crippen LogP contribution in [0.2, 0.25) is 0 Å². The van der Waals surface area contributed by atoms with E-state index in [-0.39, 0.29) is 18.3 Å². The number of aromatic nitrogens is 2. The molecule has 218 valence electrons. The molecule has 0 unspecified atom stereocenters. The number of hydrogen-bond donors (Lipinski definition) is 0. The van der Waals surface area contributed by atoms with Gasteiger partial charge in [-0.25, -0.2) is 14.8 Å². The first-order chi connectivity index (χ1) is 20.4. The Morgan fingerprint density at radius 2 is 1.79 bits per heavy atom. The Balaban J connectivity index is 1.47. The molecule has 4 aromatic rings. The van der Waals surface area contributed by atoms with Gasteiger partial charge in [0, 0.05) is 18.5 Å². The highest BCUT2D eigenvalue weighted by Gasteiger charge is 2.26. The fourth-order valence-electron chi connectivity index (χ4n) is 6.45. The molecule has 0 N–H and O–H groups in total. The maximum Gasteiger partial charge on any atom is 0.337 e. The van der Waals surface area contributed by atoms with Gasteiger partial charge >= 0.3 is 5.97 Å². The molecule has 1 amide bonds. The highest BCUT2D eigenvalue weighted by Crippen LogP contribution is 2.42. The summed E-state index contributed by atoms with van der Waals surface area (Å²) in [4.78, 5) is 38.9. The Morgan fingerprint density at radius 3 is 2.50 bits per heavy atom. The van der Waals surface area contributed by atoms with Crippen LogP contribution in [-0.4, -0.2) is 60.2 Å². The third kappa shape index (κ3) is 5.83. The third-order valence-corrected chi connectivity index (χ3v) is 9.63. The Bertz CT molecular complexity index is 1630. The van der Waals surface area contributed by atoms with Crippen LogP contribution in [0.1, 0.15) is 70.2 Å². The van der Waals surface area contributed by atoms with Gasteiger partial charge in [-0.15, -0.1) is 11.3 Å². The number of ether oxygens (including phenoxy) is 2. The van der Waals surface area contributed by atoms with Crippen LogP contribution in [0, 0.1) is 13.8 Å². The smallest absolute Gasteiger partial charge is 0.337 e. The van der Waals surface area contributed by atoms with Crippen LogP contribution in [0.15, 0.2) is 42.5 Å². The number of nitrogens with zero attached hydrogens (tertiary/aromatic N) is 3. The summed E-state index contributed by atoms with van der Waals surface area (Å²) >= 11 is 1.66. The zero-order valence-electron chi connectivity index (χ0n) is 24.6. The quantitative estimate of drug-likeness (QED) is 0.230. The fourth-order valence-corrected chi connectivity index (χ4v) is 7.34. The number of aryl methyl sites for hydroxylation is 2. The summed E-state index contributed by atoms with van der Waals surface area (Å²) in [5, 5.41) is 2.07. The van der Waals surface area contributed by atoms with Gasteiger partial charge in [0.1, 0.15) is 0 Å². The van der Waals surface area contributed by atoms with E-state index in [9.17, 15) is 9.59 Å². The van der Waals surface area contributed by atoms with E-state index in [0.717, 1.165) is 80.1 Å². The molecule has 3 heterocycles. The number of amides is 1. The van der Waals surface area contributed by atoms with Crippen LogP contribution in [0.3, 0.4) is 0 Å². The summed E-state index contributed by atoms with van der Waals surface area (Å²) in [5.74, 6) is 0.00494. The van der Waals surface area contributed by atoms with Gasteiger partial charge in [0.2, 0.25) is 5.91 Å². The summed E-state index contributed by atoms with van der Waals surface area (Å²) in [6, 6.07) is 14.4. The van der Waals surface area contributed by atoms with E-state index in [1.54, 1.807) is 11.3 Å². The second-order valence-corrected chi connectivity index (χ2v) is 12.6. The highest BCUT2D eigenvalue weighted by atomic mass is 32.1. The molecule has 1 saturated carbocycles. The van der Waals surface area contributed by atoms with Gasteiger partial charge in [-0.1, -0.05) is 31.4 Å². The zero-order chi connectivity index (χ0) is 29.2. The molecule has 7 nitrogen and oxygen atoms in total. The van der Waals surface area contributed by atoms with Crippen LogP contribution in [0.25, 0.3) is 32.6 Å². The number of carbonyl (C=O) groups is 2. The van der Waals surface area contributed by atoms with E-state index in [0.29, 0.717) is 37.8 Å². The molecule has 1 saturated heterocycles. The Labute approximate surface area is 250 Å². The molecular formula is C34H37N3O4S. The lowest BCUT2D eigenvalue weighted by molar-refractivity contribution is -0.134. The molecule has 0 radical (unpaired) electrons. The van der Waals surface area contributed by atoms with Crippen molar-refractivity contribution in [2.75, 3.05) is 33.4 Å². The second kappa shape index (κ2) is 12.3. The molecule has 2 aromatic carbocycles. The van der Waals surface area contributed by atoms with Crippen molar-refractivity contribution in [1.82, 2.24) is 14.9 Å². The van der Waals surface area contributed by atoms with Gasteiger partial charge in [-0.3, -0.25) is 4.79 Å². The molecule has 0 bridgehead atoms. The van der Waals surface area contributed by atoms with E-state index < -0.39 is 0 Å². The van der Waals surface area contributed by atoms with Crippen molar-refractivity contribution >= 4 is 34.1 Å². The minimum Gasteiger partial charge on any atom is -0.465 e. The normalized spacial score (nSPS) is 16.1. The summed E-state index contributed by atoms with van der Waals surface area (Å²) in [6.45, 7) is 6.32. The first-order valence-electron chi connectivity index (χ1n) is 14.9. The number of morpholine rings is 1. The van der Waals surface area contributed by atoms with Crippen molar-refractivity contribution in [3.8, 4) is 21.7 Å². The summed E-state index contributed by atoms with van der Waals surface area (Å²) in [5.41, 5.74) is 7.47. The molecule has 2 aromatic heterocycles. The van der Waals surface area contributed by atoms with Crippen LogP contribution < -0.4 is 0 Å². The Hall–Kier alpha value is -3.62. The van der Waals surface area contributed by atoms with Crippen molar-refractivity contribution in [3.05, 3.63) is 69.9 Å². The number of esters is 1. The fraction of sp³-hybridized carbons (Fsp3) is 0.412. The molecule has 42 heavy (non-hydrogen) atoms. The van der Waals surface area contributed by atoms with Crippen LogP contribution in [0.5, 0.6) is 0 Å². The van der Waals surface area contributed by atoms with E-state index in [1.807, 2.05) is 30.9 Å². The van der Waals surface area contributed by atoms with E-state index in [1.165, 1.54) is 13.5 Å². The average Bonchev–Trinajstić information content (AvgIpc) is 3.37. The molecule has 2 fully saturated rings. The molecule has 1 aliphatic heterocycles. The number of methoxy groups -OCH3 is 1. The van der Waals surface area contributed by atoms with Crippen molar-refractivity contribution in [2.45, 2.75) is 58.3 Å². The molecule has 0 spiro atoms. The van der Waals surface area contributed by atoms with Gasteiger partial charge in [-0.05, 0) is 85.2 Å². The standard InChI is InChI=1S/C34H37N3O4S/c1-21-33(42-22(2)35-21)30-12-9-24-17-25(10-11-29(24)36-30)32-26(20-31(38)37-13-15-41-16-14-37)18-27(34(39)40-3)19-28(32)23-7-5-4-6-8-23/h9-12,17-19,23H,4-8,13-16,20H2,1-3H3.